The molecular formula is C30H36N4O2. The summed E-state index contributed by atoms with van der Waals surface area (Å²) < 4.78 is 1.82. The van der Waals surface area contributed by atoms with Crippen LogP contribution in [0, 0.1) is 12.3 Å². The van der Waals surface area contributed by atoms with Crippen LogP contribution in [-0.4, -0.2) is 40.0 Å². The first-order valence-corrected chi connectivity index (χ1v) is 12.6. The highest BCUT2D eigenvalue weighted by molar-refractivity contribution is 6.00. The molecular weight excluding hydrogens is 448 g/mol. The van der Waals surface area contributed by atoms with E-state index < -0.39 is 0 Å². The summed E-state index contributed by atoms with van der Waals surface area (Å²) in [4.78, 5) is 27.9. The Hall–Kier alpha value is -3.67. The Bertz CT molecular complexity index is 1300. The number of amides is 1. The van der Waals surface area contributed by atoms with Crippen LogP contribution in [0.25, 0.3) is 5.69 Å². The number of aryl methyl sites for hydroxylation is 2. The highest BCUT2D eigenvalue weighted by Crippen LogP contribution is 2.38. The molecule has 2 N–H and O–H groups in total. The molecule has 36 heavy (non-hydrogen) atoms. The van der Waals surface area contributed by atoms with Crippen molar-refractivity contribution < 1.29 is 9.59 Å². The lowest BCUT2D eigenvalue weighted by atomic mass is 9.75. The van der Waals surface area contributed by atoms with Crippen molar-refractivity contribution in [1.82, 2.24) is 14.7 Å². The number of nitrogens with zero attached hydrogens (tertiary/aromatic N) is 3. The molecule has 6 nitrogen and oxygen atoms in total. The number of anilines is 1. The van der Waals surface area contributed by atoms with Crippen LogP contribution in [0.15, 0.2) is 55.1 Å². The van der Waals surface area contributed by atoms with Gasteiger partial charge in [0.15, 0.2) is 5.78 Å². The van der Waals surface area contributed by atoms with Gasteiger partial charge in [-0.15, -0.1) is 6.58 Å². The van der Waals surface area contributed by atoms with Gasteiger partial charge in [0.25, 0.3) is 5.91 Å². The van der Waals surface area contributed by atoms with Crippen molar-refractivity contribution in [2.45, 2.75) is 52.9 Å². The van der Waals surface area contributed by atoms with Crippen molar-refractivity contribution in [3.05, 3.63) is 88.8 Å². The molecule has 0 saturated heterocycles. The molecule has 1 aromatic heterocycles. The van der Waals surface area contributed by atoms with Crippen molar-refractivity contribution >= 4 is 17.4 Å². The van der Waals surface area contributed by atoms with E-state index in [0.717, 1.165) is 36.2 Å². The number of allylic oxidation sites excluding steroid dienone is 1. The van der Waals surface area contributed by atoms with Crippen molar-refractivity contribution in [3.8, 4) is 5.69 Å². The van der Waals surface area contributed by atoms with E-state index in [0.29, 0.717) is 36.3 Å². The molecule has 0 bridgehead atoms. The largest absolute Gasteiger partial charge is 0.397 e. The summed E-state index contributed by atoms with van der Waals surface area (Å²) in [7, 11) is 1.81. The first-order valence-electron chi connectivity index (χ1n) is 12.6. The second kappa shape index (κ2) is 10.1. The van der Waals surface area contributed by atoms with Crippen molar-refractivity contribution in [2.24, 2.45) is 5.41 Å². The molecule has 0 spiro atoms. The summed E-state index contributed by atoms with van der Waals surface area (Å²) in [5, 5.41) is 4.83. The van der Waals surface area contributed by atoms with Crippen LogP contribution in [0.2, 0.25) is 0 Å². The minimum Gasteiger partial charge on any atom is -0.397 e. The van der Waals surface area contributed by atoms with Gasteiger partial charge in [0.1, 0.15) is 0 Å². The zero-order valence-electron chi connectivity index (χ0n) is 21.8. The predicted molar refractivity (Wildman–Crippen MR) is 145 cm³/mol. The van der Waals surface area contributed by atoms with E-state index in [1.165, 1.54) is 11.1 Å². The molecule has 0 fully saturated rings. The minimum absolute atomic E-state index is 0.0779. The zero-order valence-corrected chi connectivity index (χ0v) is 21.8. The summed E-state index contributed by atoms with van der Waals surface area (Å²) in [6.07, 6.45) is 5.27. The van der Waals surface area contributed by atoms with Gasteiger partial charge in [0.2, 0.25) is 0 Å². The van der Waals surface area contributed by atoms with Crippen LogP contribution in [-0.2, 0) is 19.3 Å². The molecule has 188 valence electrons. The number of aromatic nitrogens is 2. The molecule has 0 unspecified atom stereocenters. The predicted octanol–water partition coefficient (Wildman–Crippen LogP) is 5.35. The molecule has 0 atom stereocenters. The fraction of sp³-hybridized carbons (Fsp3) is 0.367. The van der Waals surface area contributed by atoms with Crippen LogP contribution in [0.5, 0.6) is 0 Å². The Balaban J connectivity index is 1.59. The van der Waals surface area contributed by atoms with Crippen molar-refractivity contribution in [1.29, 1.82) is 0 Å². The van der Waals surface area contributed by atoms with E-state index >= 15 is 0 Å². The normalized spacial score (nSPS) is 14.4. The van der Waals surface area contributed by atoms with Gasteiger partial charge in [-0.3, -0.25) is 9.59 Å². The molecule has 4 rings (SSSR count). The van der Waals surface area contributed by atoms with Gasteiger partial charge in [-0.1, -0.05) is 49.8 Å². The Labute approximate surface area is 213 Å². The topological polar surface area (TPSA) is 81.2 Å². The summed E-state index contributed by atoms with van der Waals surface area (Å²) in [6, 6.07) is 13.7. The standard InChI is InChI=1S/C30H36N4O2/c1-6-7-8-24-28-26(18-30(3,4)19-27(28)35)34(32-24)25-14-13-22(17-23(25)31)29(36)33(5)16-15-21-11-9-20(2)10-12-21/h6,9-14,17H,1,7-8,15-16,18-19,31H2,2-5H3. The van der Waals surface area contributed by atoms with Gasteiger partial charge >= 0.3 is 0 Å². The number of fused-ring (bicyclic) bond motifs is 1. The number of carbonyl (C=O) groups is 2. The first-order chi connectivity index (χ1) is 17.1. The zero-order chi connectivity index (χ0) is 26.0. The average molecular weight is 485 g/mol. The van der Waals surface area contributed by atoms with Crippen molar-refractivity contribution in [2.75, 3.05) is 19.3 Å². The molecule has 1 amide bonds. The van der Waals surface area contributed by atoms with E-state index in [2.05, 4.69) is 51.6 Å². The van der Waals surface area contributed by atoms with Gasteiger partial charge < -0.3 is 10.6 Å². The lowest BCUT2D eigenvalue weighted by Gasteiger charge is -2.29. The van der Waals surface area contributed by atoms with Crippen LogP contribution in [0.1, 0.15) is 69.9 Å². The lowest BCUT2D eigenvalue weighted by molar-refractivity contribution is 0.0796. The van der Waals surface area contributed by atoms with E-state index in [4.69, 9.17) is 10.8 Å². The quantitative estimate of drug-likeness (QED) is 0.345. The number of carbonyl (C=O) groups excluding carboxylic acids is 2. The smallest absolute Gasteiger partial charge is 0.253 e. The number of rotatable bonds is 8. The number of likely N-dealkylation sites (N-methyl/N-ethyl adjacent to an activating group) is 1. The number of nitrogens with two attached hydrogens (primary N) is 1. The highest BCUT2D eigenvalue weighted by Gasteiger charge is 2.36. The third-order valence-corrected chi connectivity index (χ3v) is 6.91. The maximum atomic E-state index is 13.1. The van der Waals surface area contributed by atoms with E-state index in [9.17, 15) is 9.59 Å². The SMILES string of the molecule is C=CCCc1nn(-c2ccc(C(=O)N(C)CCc3ccc(C)cc3)cc2N)c2c1C(=O)CC(C)(C)C2. The summed E-state index contributed by atoms with van der Waals surface area (Å²) in [6.45, 7) is 10.7. The van der Waals surface area contributed by atoms with Crippen LogP contribution in [0.3, 0.4) is 0 Å². The maximum absolute atomic E-state index is 13.1. The minimum atomic E-state index is -0.150. The Morgan fingerprint density at radius 2 is 1.89 bits per heavy atom. The Kier molecular flexibility index (Phi) is 7.16. The second-order valence-corrected chi connectivity index (χ2v) is 10.7. The first kappa shape index (κ1) is 25.4. The fourth-order valence-electron chi connectivity index (χ4n) is 4.89. The molecule has 1 heterocycles. The van der Waals surface area contributed by atoms with Crippen LogP contribution >= 0.6 is 0 Å². The van der Waals surface area contributed by atoms with E-state index in [1.807, 2.05) is 23.9 Å². The highest BCUT2D eigenvalue weighted by atomic mass is 16.2. The number of ketones is 1. The monoisotopic (exact) mass is 484 g/mol. The maximum Gasteiger partial charge on any atom is 0.253 e. The van der Waals surface area contributed by atoms with Gasteiger partial charge in [0, 0.05) is 25.6 Å². The lowest BCUT2D eigenvalue weighted by Crippen LogP contribution is -2.29. The molecule has 0 radical (unpaired) electrons. The molecule has 2 aromatic carbocycles. The third kappa shape index (κ3) is 5.27. The van der Waals surface area contributed by atoms with Crippen molar-refractivity contribution in [3.63, 3.8) is 0 Å². The van der Waals surface area contributed by atoms with Crippen LogP contribution in [0.4, 0.5) is 5.69 Å². The summed E-state index contributed by atoms with van der Waals surface area (Å²) in [5.41, 5.74) is 12.9. The second-order valence-electron chi connectivity index (χ2n) is 10.7. The fourth-order valence-corrected chi connectivity index (χ4v) is 4.89. The number of hydrogen-bond acceptors (Lipinski definition) is 4. The molecule has 1 aliphatic rings. The molecule has 6 heteroatoms. The Morgan fingerprint density at radius 1 is 1.17 bits per heavy atom. The number of hydrogen-bond donors (Lipinski definition) is 1. The van der Waals surface area contributed by atoms with Crippen LogP contribution < -0.4 is 5.73 Å². The average Bonchev–Trinajstić information content (AvgIpc) is 3.18. The van der Waals surface area contributed by atoms with Gasteiger partial charge in [0.05, 0.1) is 28.3 Å². The summed E-state index contributed by atoms with van der Waals surface area (Å²) in [5.74, 6) is 0.0537. The molecule has 0 saturated carbocycles. The van der Waals surface area contributed by atoms with E-state index in [-0.39, 0.29) is 17.1 Å². The van der Waals surface area contributed by atoms with E-state index in [1.54, 1.807) is 17.0 Å². The van der Waals surface area contributed by atoms with Gasteiger partial charge in [-0.2, -0.15) is 5.10 Å². The number of Topliss-reactive ketones (excluding diaryl/α,β-unsaturated/α-hetero) is 1. The van der Waals surface area contributed by atoms with Gasteiger partial charge in [-0.05, 0) is 61.8 Å². The molecule has 3 aromatic rings. The number of nitrogen functional groups attached to an aromatic ring is 1. The third-order valence-electron chi connectivity index (χ3n) is 6.91. The number of benzene rings is 2. The van der Waals surface area contributed by atoms with Gasteiger partial charge in [-0.25, -0.2) is 4.68 Å². The molecule has 0 aliphatic heterocycles. The summed E-state index contributed by atoms with van der Waals surface area (Å²) >= 11 is 0. The molecule has 1 aliphatic carbocycles. The Morgan fingerprint density at radius 3 is 2.56 bits per heavy atom.